The van der Waals surface area contributed by atoms with Gasteiger partial charge in [-0.3, -0.25) is 4.79 Å². The van der Waals surface area contributed by atoms with Crippen LogP contribution in [-0.2, 0) is 22.7 Å². The van der Waals surface area contributed by atoms with Gasteiger partial charge in [0.25, 0.3) is 0 Å². The van der Waals surface area contributed by atoms with E-state index in [9.17, 15) is 9.59 Å². The second-order valence-corrected chi connectivity index (χ2v) is 6.48. The van der Waals surface area contributed by atoms with Crippen LogP contribution in [0.1, 0.15) is 18.1 Å². The Morgan fingerprint density at radius 1 is 1.08 bits per heavy atom. The second kappa shape index (κ2) is 10.5. The van der Waals surface area contributed by atoms with Crippen molar-refractivity contribution < 1.29 is 14.3 Å². The Bertz CT molecular complexity index is 752. The van der Waals surface area contributed by atoms with E-state index in [0.29, 0.717) is 25.4 Å². The summed E-state index contributed by atoms with van der Waals surface area (Å²) in [5, 5.41) is 5.66. The van der Waals surface area contributed by atoms with Crippen molar-refractivity contribution in [3.8, 4) is 0 Å². The smallest absolute Gasteiger partial charge is 0.319 e. The van der Waals surface area contributed by atoms with Crippen LogP contribution < -0.4 is 16.4 Å². The van der Waals surface area contributed by atoms with E-state index >= 15 is 0 Å². The maximum Gasteiger partial charge on any atom is 0.319 e. The number of amides is 3. The van der Waals surface area contributed by atoms with Gasteiger partial charge in [0.2, 0.25) is 5.91 Å². The predicted octanol–water partition coefficient (Wildman–Crippen LogP) is 3.12. The monoisotopic (exact) mass is 373 g/mol. The number of ether oxygens (including phenoxy) is 1. The van der Waals surface area contributed by atoms with Gasteiger partial charge in [-0.25, -0.2) is 4.79 Å². The number of urea groups is 1. The van der Waals surface area contributed by atoms with Crippen LogP contribution >= 0.6 is 11.8 Å². The van der Waals surface area contributed by atoms with Gasteiger partial charge in [0, 0.05) is 18.0 Å². The van der Waals surface area contributed by atoms with Crippen LogP contribution in [0.2, 0.25) is 0 Å². The van der Waals surface area contributed by atoms with E-state index < -0.39 is 5.91 Å². The van der Waals surface area contributed by atoms with Gasteiger partial charge in [0.05, 0.1) is 18.0 Å². The van der Waals surface area contributed by atoms with Crippen LogP contribution in [0.25, 0.3) is 0 Å². The molecule has 0 spiro atoms. The molecule has 0 bridgehead atoms. The van der Waals surface area contributed by atoms with Gasteiger partial charge < -0.3 is 21.1 Å². The van der Waals surface area contributed by atoms with Crippen molar-refractivity contribution >= 4 is 29.4 Å². The molecule has 7 heteroatoms. The summed E-state index contributed by atoms with van der Waals surface area (Å²) in [5.41, 5.74) is 7.88. The Kier molecular flexibility index (Phi) is 7.98. The Morgan fingerprint density at radius 3 is 2.50 bits per heavy atom. The molecule has 0 saturated carbocycles. The Morgan fingerprint density at radius 2 is 1.77 bits per heavy atom. The average Bonchev–Trinajstić information content (AvgIpc) is 2.64. The van der Waals surface area contributed by atoms with E-state index in [-0.39, 0.29) is 11.8 Å². The van der Waals surface area contributed by atoms with Crippen molar-refractivity contribution in [2.75, 3.05) is 17.7 Å². The molecule has 0 atom stereocenters. The number of carbonyl (C=O) groups is 2. The topological polar surface area (TPSA) is 93.4 Å². The molecule has 0 unspecified atom stereocenters. The SMILES string of the molecule is CCOCc1ccccc1CNC(=O)Nc1ccccc1SCC(N)=O. The molecule has 0 heterocycles. The summed E-state index contributed by atoms with van der Waals surface area (Å²) in [6, 6.07) is 14.8. The summed E-state index contributed by atoms with van der Waals surface area (Å²) < 4.78 is 5.46. The minimum Gasteiger partial charge on any atom is -0.377 e. The Labute approximate surface area is 157 Å². The number of nitrogens with two attached hydrogens (primary N) is 1. The molecule has 0 aliphatic heterocycles. The molecule has 0 radical (unpaired) electrons. The summed E-state index contributed by atoms with van der Waals surface area (Å²) in [6.07, 6.45) is 0. The largest absolute Gasteiger partial charge is 0.377 e. The molecular weight excluding hydrogens is 350 g/mol. The first-order valence-corrected chi connectivity index (χ1v) is 9.28. The number of thioether (sulfide) groups is 1. The van der Waals surface area contributed by atoms with E-state index in [1.807, 2.05) is 49.4 Å². The lowest BCUT2D eigenvalue weighted by atomic mass is 10.1. The number of para-hydroxylation sites is 1. The maximum absolute atomic E-state index is 12.2. The summed E-state index contributed by atoms with van der Waals surface area (Å²) in [6.45, 7) is 3.50. The maximum atomic E-state index is 12.2. The molecule has 2 aromatic carbocycles. The molecule has 0 aromatic heterocycles. The van der Waals surface area contributed by atoms with Gasteiger partial charge in [0.1, 0.15) is 0 Å². The van der Waals surface area contributed by atoms with Gasteiger partial charge in [-0.05, 0) is 30.2 Å². The minimum absolute atomic E-state index is 0.158. The number of rotatable bonds is 9. The Hall–Kier alpha value is -2.51. The van der Waals surface area contributed by atoms with Crippen molar-refractivity contribution in [2.24, 2.45) is 5.73 Å². The van der Waals surface area contributed by atoms with Crippen molar-refractivity contribution in [2.45, 2.75) is 25.0 Å². The number of primary amides is 1. The fraction of sp³-hybridized carbons (Fsp3) is 0.263. The highest BCUT2D eigenvalue weighted by Gasteiger charge is 2.09. The van der Waals surface area contributed by atoms with Crippen molar-refractivity contribution in [1.82, 2.24) is 5.32 Å². The van der Waals surface area contributed by atoms with Crippen LogP contribution in [0.15, 0.2) is 53.4 Å². The molecule has 0 aliphatic rings. The molecular formula is C19H23N3O3S. The molecule has 6 nitrogen and oxygen atoms in total. The zero-order valence-corrected chi connectivity index (χ0v) is 15.5. The standard InChI is InChI=1S/C19H23N3O3S/c1-2-25-12-15-8-4-3-7-14(15)11-21-19(24)22-16-9-5-6-10-17(16)26-13-18(20)23/h3-10H,2,11-13H2,1H3,(H2,20,23)(H2,21,22,24). The van der Waals surface area contributed by atoms with Gasteiger partial charge in [-0.2, -0.15) is 0 Å². The number of hydrogen-bond donors (Lipinski definition) is 3. The zero-order chi connectivity index (χ0) is 18.8. The van der Waals surface area contributed by atoms with Gasteiger partial charge >= 0.3 is 6.03 Å². The summed E-state index contributed by atoms with van der Waals surface area (Å²) >= 11 is 1.29. The Balaban J connectivity index is 1.95. The number of hydrogen-bond acceptors (Lipinski definition) is 4. The number of benzene rings is 2. The molecule has 2 aromatic rings. The van der Waals surface area contributed by atoms with E-state index in [0.717, 1.165) is 16.0 Å². The lowest BCUT2D eigenvalue weighted by Gasteiger charge is -2.13. The molecule has 2 rings (SSSR count). The highest BCUT2D eigenvalue weighted by Crippen LogP contribution is 2.26. The fourth-order valence-corrected chi connectivity index (χ4v) is 3.02. The molecule has 0 fully saturated rings. The van der Waals surface area contributed by atoms with Crippen LogP contribution in [-0.4, -0.2) is 24.3 Å². The number of carbonyl (C=O) groups excluding carboxylic acids is 2. The quantitative estimate of drug-likeness (QED) is 0.589. The second-order valence-electron chi connectivity index (χ2n) is 5.46. The zero-order valence-electron chi connectivity index (χ0n) is 14.7. The van der Waals surface area contributed by atoms with E-state index in [1.54, 1.807) is 6.07 Å². The van der Waals surface area contributed by atoms with Crippen molar-refractivity contribution in [3.63, 3.8) is 0 Å². The lowest BCUT2D eigenvalue weighted by molar-refractivity contribution is -0.115. The van der Waals surface area contributed by atoms with Crippen LogP contribution in [0, 0.1) is 0 Å². The molecule has 3 amide bonds. The van der Waals surface area contributed by atoms with Gasteiger partial charge in [-0.15, -0.1) is 11.8 Å². The van der Waals surface area contributed by atoms with E-state index in [1.165, 1.54) is 11.8 Å². The molecule has 138 valence electrons. The third kappa shape index (κ3) is 6.42. The average molecular weight is 373 g/mol. The molecule has 26 heavy (non-hydrogen) atoms. The molecule has 0 saturated heterocycles. The summed E-state index contributed by atoms with van der Waals surface area (Å²) in [5.74, 6) is -0.245. The van der Waals surface area contributed by atoms with Crippen LogP contribution in [0.5, 0.6) is 0 Å². The van der Waals surface area contributed by atoms with Gasteiger partial charge in [-0.1, -0.05) is 36.4 Å². The molecule has 4 N–H and O–H groups in total. The summed E-state index contributed by atoms with van der Waals surface area (Å²) in [7, 11) is 0. The normalized spacial score (nSPS) is 10.3. The minimum atomic E-state index is -0.403. The molecule has 0 aliphatic carbocycles. The van der Waals surface area contributed by atoms with Crippen molar-refractivity contribution in [1.29, 1.82) is 0 Å². The van der Waals surface area contributed by atoms with Crippen molar-refractivity contribution in [3.05, 3.63) is 59.7 Å². The first-order chi connectivity index (χ1) is 12.6. The summed E-state index contributed by atoms with van der Waals surface area (Å²) in [4.78, 5) is 24.0. The predicted molar refractivity (Wildman–Crippen MR) is 104 cm³/mol. The van der Waals surface area contributed by atoms with Crippen LogP contribution in [0.3, 0.4) is 0 Å². The van der Waals surface area contributed by atoms with Gasteiger partial charge in [0.15, 0.2) is 0 Å². The van der Waals surface area contributed by atoms with E-state index in [4.69, 9.17) is 10.5 Å². The van der Waals surface area contributed by atoms with E-state index in [2.05, 4.69) is 10.6 Å². The first kappa shape index (κ1) is 19.8. The number of nitrogens with one attached hydrogen (secondary N) is 2. The first-order valence-electron chi connectivity index (χ1n) is 8.29. The highest BCUT2D eigenvalue weighted by atomic mass is 32.2. The third-order valence-electron chi connectivity index (χ3n) is 3.52. The third-order valence-corrected chi connectivity index (χ3v) is 4.62. The lowest BCUT2D eigenvalue weighted by Crippen LogP contribution is -2.28. The van der Waals surface area contributed by atoms with Crippen LogP contribution in [0.4, 0.5) is 10.5 Å². The fourth-order valence-electron chi connectivity index (χ4n) is 2.27. The number of anilines is 1. The highest BCUT2D eigenvalue weighted by molar-refractivity contribution is 8.00.